The average Bonchev–Trinajstić information content (AvgIpc) is 2.85. The predicted octanol–water partition coefficient (Wildman–Crippen LogP) is 5.42. The predicted molar refractivity (Wildman–Crippen MR) is 111 cm³/mol. The summed E-state index contributed by atoms with van der Waals surface area (Å²) in [5.41, 5.74) is -0.752. The van der Waals surface area contributed by atoms with Crippen molar-refractivity contribution in [3.8, 4) is 0 Å². The summed E-state index contributed by atoms with van der Waals surface area (Å²) in [7, 11) is 0. The Labute approximate surface area is 178 Å². The van der Waals surface area contributed by atoms with Crippen molar-refractivity contribution in [2.24, 2.45) is 0 Å². The molecular formula is C20H17ClF3N3O2S. The van der Waals surface area contributed by atoms with E-state index < -0.39 is 22.7 Å². The highest BCUT2D eigenvalue weighted by molar-refractivity contribution is 7.20. The van der Waals surface area contributed by atoms with Gasteiger partial charge in [0.15, 0.2) is 0 Å². The second-order valence-electron chi connectivity index (χ2n) is 7.18. The number of carbonyl (C=O) groups is 1. The number of halogens is 4. The van der Waals surface area contributed by atoms with Crippen LogP contribution >= 0.6 is 22.9 Å². The van der Waals surface area contributed by atoms with E-state index in [0.717, 1.165) is 42.7 Å². The molecule has 0 spiro atoms. The molecule has 1 aliphatic rings. The van der Waals surface area contributed by atoms with Gasteiger partial charge in [-0.15, -0.1) is 11.3 Å². The van der Waals surface area contributed by atoms with Gasteiger partial charge in [-0.05, 0) is 43.5 Å². The molecule has 4 rings (SSSR count). The van der Waals surface area contributed by atoms with Crippen molar-refractivity contribution in [1.29, 1.82) is 0 Å². The van der Waals surface area contributed by atoms with E-state index in [0.29, 0.717) is 34.6 Å². The second kappa shape index (κ2) is 7.70. The van der Waals surface area contributed by atoms with E-state index in [9.17, 15) is 22.8 Å². The van der Waals surface area contributed by atoms with Crippen LogP contribution in [0.25, 0.3) is 10.2 Å². The highest BCUT2D eigenvalue weighted by atomic mass is 35.5. The first-order valence-corrected chi connectivity index (χ1v) is 10.6. The summed E-state index contributed by atoms with van der Waals surface area (Å²) in [5.74, 6) is 0.122. The van der Waals surface area contributed by atoms with Crippen molar-refractivity contribution >= 4 is 44.7 Å². The molecule has 0 atom stereocenters. The number of anilines is 1. The Kier molecular flexibility index (Phi) is 5.36. The third-order valence-corrected chi connectivity index (χ3v) is 6.66. The fraction of sp³-hybridized carbons (Fsp3) is 0.350. The lowest BCUT2D eigenvalue weighted by molar-refractivity contribution is -0.137. The Morgan fingerprint density at radius 3 is 2.77 bits per heavy atom. The number of aryl methyl sites for hydroxylation is 2. The van der Waals surface area contributed by atoms with Crippen LogP contribution < -0.4 is 10.9 Å². The lowest BCUT2D eigenvalue weighted by Crippen LogP contribution is -2.24. The summed E-state index contributed by atoms with van der Waals surface area (Å²) in [6.45, 7) is 2.25. The van der Waals surface area contributed by atoms with Crippen LogP contribution in [0.2, 0.25) is 5.02 Å². The highest BCUT2D eigenvalue weighted by Gasteiger charge is 2.33. The number of nitrogens with zero attached hydrogens (tertiary/aromatic N) is 2. The van der Waals surface area contributed by atoms with E-state index in [4.69, 9.17) is 11.6 Å². The molecule has 3 aromatic rings. The Bertz CT molecular complexity index is 1220. The van der Waals surface area contributed by atoms with Gasteiger partial charge in [0.05, 0.1) is 20.8 Å². The number of nitrogens with one attached hydrogen (secondary N) is 1. The molecule has 1 aromatic carbocycles. The maximum atomic E-state index is 13.1. The molecule has 1 aliphatic heterocycles. The zero-order valence-corrected chi connectivity index (χ0v) is 17.5. The molecule has 30 heavy (non-hydrogen) atoms. The SMILES string of the molecule is Cc1c(C(=O)Nc2ccc(Cl)c(C(F)(F)F)c2)sc2nc3n(c(=O)c12)CCCCC3. The van der Waals surface area contributed by atoms with Crippen LogP contribution in [0.15, 0.2) is 23.0 Å². The van der Waals surface area contributed by atoms with Gasteiger partial charge in [-0.25, -0.2) is 4.98 Å². The van der Waals surface area contributed by atoms with Gasteiger partial charge in [0.2, 0.25) is 0 Å². The first-order valence-electron chi connectivity index (χ1n) is 9.37. The Hall–Kier alpha value is -2.39. The van der Waals surface area contributed by atoms with Crippen molar-refractivity contribution < 1.29 is 18.0 Å². The molecule has 0 aliphatic carbocycles. The van der Waals surface area contributed by atoms with Crippen LogP contribution in [0.3, 0.4) is 0 Å². The first-order chi connectivity index (χ1) is 14.2. The van der Waals surface area contributed by atoms with Crippen molar-refractivity contribution in [1.82, 2.24) is 9.55 Å². The zero-order valence-electron chi connectivity index (χ0n) is 15.9. The lowest BCUT2D eigenvalue weighted by Gasteiger charge is -2.11. The van der Waals surface area contributed by atoms with Gasteiger partial charge < -0.3 is 5.32 Å². The van der Waals surface area contributed by atoms with Gasteiger partial charge >= 0.3 is 6.18 Å². The van der Waals surface area contributed by atoms with Crippen LogP contribution in [0.4, 0.5) is 18.9 Å². The number of aromatic nitrogens is 2. The van der Waals surface area contributed by atoms with E-state index in [1.165, 1.54) is 6.07 Å². The van der Waals surface area contributed by atoms with Gasteiger partial charge in [0.25, 0.3) is 11.5 Å². The van der Waals surface area contributed by atoms with Crippen LogP contribution in [-0.2, 0) is 19.1 Å². The zero-order chi connectivity index (χ0) is 21.6. The number of thiophene rings is 1. The molecule has 2 aromatic heterocycles. The summed E-state index contributed by atoms with van der Waals surface area (Å²) < 4.78 is 40.9. The minimum Gasteiger partial charge on any atom is -0.321 e. The molecule has 0 saturated carbocycles. The minimum absolute atomic E-state index is 0.0333. The van der Waals surface area contributed by atoms with Crippen molar-refractivity contribution in [2.75, 3.05) is 5.32 Å². The molecule has 1 amide bonds. The number of benzene rings is 1. The Morgan fingerprint density at radius 1 is 1.27 bits per heavy atom. The molecule has 1 N–H and O–H groups in total. The number of hydrogen-bond donors (Lipinski definition) is 1. The van der Waals surface area contributed by atoms with Crippen LogP contribution in [0.5, 0.6) is 0 Å². The Balaban J connectivity index is 1.72. The number of alkyl halides is 3. The largest absolute Gasteiger partial charge is 0.417 e. The molecule has 0 bridgehead atoms. The quantitative estimate of drug-likeness (QED) is 0.561. The highest BCUT2D eigenvalue weighted by Crippen LogP contribution is 2.36. The summed E-state index contributed by atoms with van der Waals surface area (Å²) in [4.78, 5) is 31.1. The summed E-state index contributed by atoms with van der Waals surface area (Å²) in [5, 5.41) is 2.42. The van der Waals surface area contributed by atoms with Gasteiger partial charge in [-0.1, -0.05) is 18.0 Å². The second-order valence-corrected chi connectivity index (χ2v) is 8.58. The van der Waals surface area contributed by atoms with Gasteiger partial charge in [0.1, 0.15) is 10.7 Å². The number of amides is 1. The molecule has 0 saturated heterocycles. The van der Waals surface area contributed by atoms with Crippen LogP contribution in [0, 0.1) is 6.92 Å². The topological polar surface area (TPSA) is 64.0 Å². The first kappa shape index (κ1) is 20.9. The van der Waals surface area contributed by atoms with Crippen molar-refractivity contribution in [3.05, 3.63) is 55.4 Å². The average molecular weight is 456 g/mol. The molecular weight excluding hydrogens is 439 g/mol. The normalized spacial score (nSPS) is 14.4. The van der Waals surface area contributed by atoms with E-state index >= 15 is 0 Å². The van der Waals surface area contributed by atoms with E-state index in [1.54, 1.807) is 11.5 Å². The lowest BCUT2D eigenvalue weighted by atomic mass is 10.1. The fourth-order valence-corrected chi connectivity index (χ4v) is 4.94. The standard InChI is InChI=1S/C20H17ClF3N3O2S/c1-10-15-18(26-14-5-3-2-4-8-27(14)19(15)29)30-16(10)17(28)25-11-6-7-13(21)12(9-11)20(22,23)24/h6-7,9H,2-5,8H2,1H3,(H,25,28). The maximum absolute atomic E-state index is 13.1. The third kappa shape index (κ3) is 3.72. The molecule has 10 heteroatoms. The minimum atomic E-state index is -4.64. The number of carbonyl (C=O) groups excluding carboxylic acids is 1. The summed E-state index contributed by atoms with van der Waals surface area (Å²) in [6.07, 6.45) is -1.05. The maximum Gasteiger partial charge on any atom is 0.417 e. The molecule has 0 unspecified atom stereocenters. The monoisotopic (exact) mass is 455 g/mol. The summed E-state index contributed by atoms with van der Waals surface area (Å²) in [6, 6.07) is 3.18. The van der Waals surface area contributed by atoms with E-state index in [1.807, 2.05) is 0 Å². The van der Waals surface area contributed by atoms with Crippen LogP contribution in [-0.4, -0.2) is 15.5 Å². The van der Waals surface area contributed by atoms with Crippen LogP contribution in [0.1, 0.15) is 45.9 Å². The molecule has 0 radical (unpaired) electrons. The number of fused-ring (bicyclic) bond motifs is 2. The Morgan fingerprint density at radius 2 is 2.03 bits per heavy atom. The molecule has 0 fully saturated rings. The smallest absolute Gasteiger partial charge is 0.321 e. The van der Waals surface area contributed by atoms with E-state index in [-0.39, 0.29) is 16.1 Å². The van der Waals surface area contributed by atoms with Crippen molar-refractivity contribution in [2.45, 2.75) is 45.3 Å². The molecule has 158 valence electrons. The van der Waals surface area contributed by atoms with Gasteiger partial charge in [-0.2, -0.15) is 13.2 Å². The van der Waals surface area contributed by atoms with Gasteiger partial charge in [0, 0.05) is 18.7 Å². The molecule has 3 heterocycles. The van der Waals surface area contributed by atoms with E-state index in [2.05, 4.69) is 10.3 Å². The van der Waals surface area contributed by atoms with Gasteiger partial charge in [-0.3, -0.25) is 14.2 Å². The fourth-order valence-electron chi connectivity index (χ4n) is 3.63. The number of rotatable bonds is 2. The molecule has 5 nitrogen and oxygen atoms in total. The third-order valence-electron chi connectivity index (χ3n) is 5.15. The van der Waals surface area contributed by atoms with Crippen molar-refractivity contribution in [3.63, 3.8) is 0 Å². The number of hydrogen-bond acceptors (Lipinski definition) is 4. The summed E-state index contributed by atoms with van der Waals surface area (Å²) >= 11 is 6.70.